The van der Waals surface area contributed by atoms with Gasteiger partial charge >= 0.3 is 5.69 Å². The Morgan fingerprint density at radius 2 is 2.24 bits per heavy atom. The van der Waals surface area contributed by atoms with Gasteiger partial charge in [-0.25, -0.2) is 4.98 Å². The van der Waals surface area contributed by atoms with Crippen LogP contribution >= 0.6 is 11.6 Å². The van der Waals surface area contributed by atoms with Gasteiger partial charge in [-0.1, -0.05) is 16.8 Å². The van der Waals surface area contributed by atoms with Crippen molar-refractivity contribution in [3.05, 3.63) is 57.2 Å². The van der Waals surface area contributed by atoms with Crippen molar-refractivity contribution in [1.29, 1.82) is 0 Å². The number of aromatic nitrogens is 1. The summed E-state index contributed by atoms with van der Waals surface area (Å²) in [4.78, 5) is 14.3. The maximum atomic E-state index is 11.0. The Balaban J connectivity index is 2.46. The lowest BCUT2D eigenvalue weighted by molar-refractivity contribution is -0.385. The highest BCUT2D eigenvalue weighted by Crippen LogP contribution is 2.33. The van der Waals surface area contributed by atoms with Crippen LogP contribution in [0.4, 0.5) is 5.69 Å². The van der Waals surface area contributed by atoms with Crippen LogP contribution in [-0.2, 0) is 0 Å². The Bertz CT molecular complexity index is 720. The second-order valence-electron chi connectivity index (χ2n) is 3.81. The number of pyridine rings is 1. The number of nitrogens with zero attached hydrogens (tertiary/aromatic N) is 3. The Labute approximate surface area is 123 Å². The third-order valence-corrected chi connectivity index (χ3v) is 2.71. The quantitative estimate of drug-likeness (QED) is 0.294. The molecule has 0 amide bonds. The predicted molar refractivity (Wildman–Crippen MR) is 74.9 cm³/mol. The van der Waals surface area contributed by atoms with Gasteiger partial charge in [0.25, 0.3) is 0 Å². The average molecular weight is 309 g/mol. The molecule has 0 saturated heterocycles. The zero-order chi connectivity index (χ0) is 15.4. The summed E-state index contributed by atoms with van der Waals surface area (Å²) >= 11 is 5.72. The first kappa shape index (κ1) is 14.5. The van der Waals surface area contributed by atoms with Crippen LogP contribution in [-0.4, -0.2) is 21.0 Å². The van der Waals surface area contributed by atoms with Crippen molar-refractivity contribution in [2.24, 2.45) is 10.9 Å². The summed E-state index contributed by atoms with van der Waals surface area (Å²) in [6, 6.07) is 6.99. The molecule has 0 fully saturated rings. The van der Waals surface area contributed by atoms with Crippen molar-refractivity contribution in [2.75, 3.05) is 0 Å². The van der Waals surface area contributed by atoms with Crippen molar-refractivity contribution >= 4 is 23.1 Å². The molecule has 0 aliphatic carbocycles. The molecule has 0 spiro atoms. The molecule has 0 radical (unpaired) electrons. The minimum atomic E-state index is -0.632. The van der Waals surface area contributed by atoms with Gasteiger partial charge < -0.3 is 15.7 Å². The second-order valence-corrected chi connectivity index (χ2v) is 4.25. The van der Waals surface area contributed by atoms with Crippen molar-refractivity contribution in [3.63, 3.8) is 0 Å². The Morgan fingerprint density at radius 3 is 2.90 bits per heavy atom. The lowest BCUT2D eigenvalue weighted by atomic mass is 10.2. The van der Waals surface area contributed by atoms with Crippen LogP contribution in [0.3, 0.4) is 0 Å². The van der Waals surface area contributed by atoms with Crippen LogP contribution in [0.5, 0.6) is 11.6 Å². The number of benzene rings is 1. The van der Waals surface area contributed by atoms with Gasteiger partial charge in [-0.15, -0.1) is 0 Å². The van der Waals surface area contributed by atoms with E-state index < -0.39 is 4.92 Å². The number of oxime groups is 1. The molecule has 0 bridgehead atoms. The van der Waals surface area contributed by atoms with Gasteiger partial charge in [-0.2, -0.15) is 0 Å². The molecule has 108 valence electrons. The van der Waals surface area contributed by atoms with Crippen LogP contribution < -0.4 is 10.5 Å². The summed E-state index contributed by atoms with van der Waals surface area (Å²) in [5.74, 6) is -0.317. The SMILES string of the molecule is N/C(=N\O)c1cccnc1Oc1ccc(Cl)cc1[N+](=O)[O-]. The van der Waals surface area contributed by atoms with E-state index in [4.69, 9.17) is 27.3 Å². The fourth-order valence-corrected chi connectivity index (χ4v) is 1.71. The minimum Gasteiger partial charge on any atom is -0.431 e. The minimum absolute atomic E-state index is 0.0294. The Hall–Kier alpha value is -2.87. The highest BCUT2D eigenvalue weighted by atomic mass is 35.5. The zero-order valence-electron chi connectivity index (χ0n) is 10.4. The second kappa shape index (κ2) is 6.06. The molecule has 9 heteroatoms. The number of nitro benzene ring substituents is 1. The largest absolute Gasteiger partial charge is 0.431 e. The van der Waals surface area contributed by atoms with E-state index in [1.165, 1.54) is 24.4 Å². The fraction of sp³-hybridized carbons (Fsp3) is 0. The van der Waals surface area contributed by atoms with Crippen LogP contribution in [0.1, 0.15) is 5.56 Å². The summed E-state index contributed by atoms with van der Waals surface area (Å²) in [5, 5.41) is 22.8. The van der Waals surface area contributed by atoms with E-state index in [1.54, 1.807) is 6.07 Å². The number of halogens is 1. The smallest absolute Gasteiger partial charge is 0.313 e. The van der Waals surface area contributed by atoms with Crippen molar-refractivity contribution in [1.82, 2.24) is 4.98 Å². The molecular formula is C12H9ClN4O4. The van der Waals surface area contributed by atoms with Gasteiger partial charge in [-0.05, 0) is 24.3 Å². The number of ether oxygens (including phenoxy) is 1. The summed E-state index contributed by atoms with van der Waals surface area (Å²) in [6.45, 7) is 0. The van der Waals surface area contributed by atoms with Crippen LogP contribution in [0.2, 0.25) is 5.02 Å². The topological polar surface area (TPSA) is 124 Å². The standard InChI is InChI=1S/C12H9ClN4O4/c13-7-3-4-10(9(6-7)17(19)20)21-12-8(11(14)16-18)2-1-5-15-12/h1-6,18H,(H2,14,16). The molecule has 0 aliphatic rings. The zero-order valence-corrected chi connectivity index (χ0v) is 11.2. The molecule has 0 atom stereocenters. The van der Waals surface area contributed by atoms with E-state index >= 15 is 0 Å². The number of hydrogen-bond acceptors (Lipinski definition) is 6. The van der Waals surface area contributed by atoms with Gasteiger partial charge in [0.1, 0.15) is 0 Å². The third kappa shape index (κ3) is 3.18. The lowest BCUT2D eigenvalue weighted by Crippen LogP contribution is -2.14. The molecule has 1 heterocycles. The summed E-state index contributed by atoms with van der Waals surface area (Å²) in [7, 11) is 0. The number of nitro groups is 1. The highest BCUT2D eigenvalue weighted by molar-refractivity contribution is 6.30. The van der Waals surface area contributed by atoms with E-state index in [0.717, 1.165) is 6.07 Å². The summed E-state index contributed by atoms with van der Waals surface area (Å²) in [6.07, 6.45) is 1.41. The van der Waals surface area contributed by atoms with E-state index in [2.05, 4.69) is 10.1 Å². The first-order valence-electron chi connectivity index (χ1n) is 5.57. The monoisotopic (exact) mass is 308 g/mol. The van der Waals surface area contributed by atoms with Crippen molar-refractivity contribution in [3.8, 4) is 11.6 Å². The van der Waals surface area contributed by atoms with Crippen LogP contribution in [0, 0.1) is 10.1 Å². The van der Waals surface area contributed by atoms with Gasteiger partial charge in [0.05, 0.1) is 10.5 Å². The molecular weight excluding hydrogens is 300 g/mol. The van der Waals surface area contributed by atoms with Gasteiger partial charge in [-0.3, -0.25) is 10.1 Å². The summed E-state index contributed by atoms with van der Waals surface area (Å²) in [5.41, 5.74) is 5.37. The predicted octanol–water partition coefficient (Wildman–Crippen LogP) is 2.53. The molecule has 1 aromatic heterocycles. The molecule has 0 unspecified atom stereocenters. The highest BCUT2D eigenvalue weighted by Gasteiger charge is 2.19. The van der Waals surface area contributed by atoms with Crippen LogP contribution in [0.15, 0.2) is 41.7 Å². The number of amidine groups is 1. The molecule has 2 aromatic rings. The van der Waals surface area contributed by atoms with Crippen LogP contribution in [0.25, 0.3) is 0 Å². The number of hydrogen-bond donors (Lipinski definition) is 2. The molecule has 0 saturated carbocycles. The normalized spacial score (nSPS) is 11.2. The van der Waals surface area contributed by atoms with E-state index in [9.17, 15) is 10.1 Å². The third-order valence-electron chi connectivity index (χ3n) is 2.48. The van der Waals surface area contributed by atoms with E-state index in [-0.39, 0.29) is 33.7 Å². The van der Waals surface area contributed by atoms with Gasteiger partial charge in [0.15, 0.2) is 5.84 Å². The molecule has 2 rings (SSSR count). The molecule has 21 heavy (non-hydrogen) atoms. The molecule has 1 aromatic carbocycles. The van der Waals surface area contributed by atoms with E-state index in [1.807, 2.05) is 0 Å². The van der Waals surface area contributed by atoms with E-state index in [0.29, 0.717) is 0 Å². The maximum Gasteiger partial charge on any atom is 0.313 e. The lowest BCUT2D eigenvalue weighted by Gasteiger charge is -2.09. The maximum absolute atomic E-state index is 11.0. The van der Waals surface area contributed by atoms with Crippen molar-refractivity contribution in [2.45, 2.75) is 0 Å². The molecule has 0 aliphatic heterocycles. The number of rotatable bonds is 4. The fourth-order valence-electron chi connectivity index (χ4n) is 1.54. The van der Waals surface area contributed by atoms with Crippen molar-refractivity contribution < 1.29 is 14.9 Å². The first-order valence-corrected chi connectivity index (χ1v) is 5.95. The van der Waals surface area contributed by atoms with Gasteiger partial charge in [0, 0.05) is 17.3 Å². The van der Waals surface area contributed by atoms with Gasteiger partial charge in [0.2, 0.25) is 11.6 Å². The Kier molecular flexibility index (Phi) is 4.19. The Morgan fingerprint density at radius 1 is 1.48 bits per heavy atom. The molecule has 3 N–H and O–H groups in total. The summed E-state index contributed by atoms with van der Waals surface area (Å²) < 4.78 is 5.40. The first-order chi connectivity index (χ1) is 10.0. The number of nitrogens with two attached hydrogens (primary N) is 1. The molecule has 8 nitrogen and oxygen atoms in total. The average Bonchev–Trinajstić information content (AvgIpc) is 2.48.